The van der Waals surface area contributed by atoms with Gasteiger partial charge in [-0.1, -0.05) is 24.4 Å². The zero-order valence-corrected chi connectivity index (χ0v) is 11.6. The van der Waals surface area contributed by atoms with Gasteiger partial charge in [0.2, 0.25) is 0 Å². The molecule has 106 valence electrons. The summed E-state index contributed by atoms with van der Waals surface area (Å²) in [5.74, 6) is 0. The van der Waals surface area contributed by atoms with Gasteiger partial charge in [0.15, 0.2) is 0 Å². The topological polar surface area (TPSA) is 72.7 Å². The number of aromatic amines is 1. The molecule has 6 nitrogen and oxygen atoms in total. The summed E-state index contributed by atoms with van der Waals surface area (Å²) >= 11 is 5.73. The summed E-state index contributed by atoms with van der Waals surface area (Å²) < 4.78 is 3.33. The van der Waals surface area contributed by atoms with Gasteiger partial charge in [0, 0.05) is 12.4 Å². The molecular formula is C13H15ClN4O2. The Morgan fingerprint density at radius 1 is 1.35 bits per heavy atom. The van der Waals surface area contributed by atoms with E-state index in [1.807, 2.05) is 16.9 Å². The van der Waals surface area contributed by atoms with Crippen LogP contribution in [0.3, 0.4) is 0 Å². The van der Waals surface area contributed by atoms with Gasteiger partial charge in [-0.25, -0.2) is 4.79 Å². The molecule has 20 heavy (non-hydrogen) atoms. The van der Waals surface area contributed by atoms with Crippen LogP contribution in [-0.2, 0) is 6.54 Å². The highest BCUT2D eigenvalue weighted by atomic mass is 35.5. The zero-order valence-electron chi connectivity index (χ0n) is 10.9. The van der Waals surface area contributed by atoms with Crippen LogP contribution in [0.5, 0.6) is 0 Å². The molecule has 1 saturated carbocycles. The average molecular weight is 295 g/mol. The molecule has 2 heterocycles. The van der Waals surface area contributed by atoms with E-state index in [2.05, 4.69) is 10.1 Å². The maximum absolute atomic E-state index is 11.7. The third-order valence-electron chi connectivity index (χ3n) is 3.66. The second-order valence-electron chi connectivity index (χ2n) is 5.09. The molecule has 0 saturated heterocycles. The van der Waals surface area contributed by atoms with E-state index in [4.69, 9.17) is 11.6 Å². The lowest BCUT2D eigenvalue weighted by atomic mass is 10.3. The van der Waals surface area contributed by atoms with E-state index < -0.39 is 11.2 Å². The van der Waals surface area contributed by atoms with Crippen molar-refractivity contribution in [2.75, 3.05) is 0 Å². The molecule has 0 aromatic carbocycles. The van der Waals surface area contributed by atoms with Gasteiger partial charge in [0.1, 0.15) is 5.02 Å². The maximum atomic E-state index is 11.7. The minimum atomic E-state index is -0.565. The number of rotatable bonds is 3. The minimum absolute atomic E-state index is 0.000162. The van der Waals surface area contributed by atoms with Gasteiger partial charge in [-0.2, -0.15) is 5.10 Å². The summed E-state index contributed by atoms with van der Waals surface area (Å²) in [4.78, 5) is 25.1. The summed E-state index contributed by atoms with van der Waals surface area (Å²) in [5, 5.41) is 4.50. The summed E-state index contributed by atoms with van der Waals surface area (Å²) in [6.07, 6.45) is 8.10. The second-order valence-corrected chi connectivity index (χ2v) is 5.50. The number of hydrogen-bond donors (Lipinski definition) is 1. The molecule has 0 amide bonds. The SMILES string of the molecule is O=c1[nH]c(=O)n(Cc2ccn(C3CCCC3)n2)cc1Cl. The van der Waals surface area contributed by atoms with Crippen LogP contribution in [0.1, 0.15) is 37.4 Å². The normalized spacial score (nSPS) is 15.8. The minimum Gasteiger partial charge on any atom is -0.293 e. The number of hydrogen-bond acceptors (Lipinski definition) is 3. The molecule has 1 aliphatic rings. The lowest BCUT2D eigenvalue weighted by molar-refractivity contribution is 0.461. The number of nitrogens with one attached hydrogen (secondary N) is 1. The fourth-order valence-electron chi connectivity index (χ4n) is 2.61. The van der Waals surface area contributed by atoms with Crippen LogP contribution in [0.15, 0.2) is 28.0 Å². The molecule has 0 unspecified atom stereocenters. The third-order valence-corrected chi connectivity index (χ3v) is 3.93. The fourth-order valence-corrected chi connectivity index (χ4v) is 2.77. The van der Waals surface area contributed by atoms with E-state index in [9.17, 15) is 9.59 Å². The molecule has 0 aliphatic heterocycles. The fraction of sp³-hybridized carbons (Fsp3) is 0.462. The van der Waals surface area contributed by atoms with E-state index >= 15 is 0 Å². The van der Waals surface area contributed by atoms with Crippen molar-refractivity contribution in [1.29, 1.82) is 0 Å². The molecule has 0 atom stereocenters. The quantitative estimate of drug-likeness (QED) is 0.933. The number of halogens is 1. The van der Waals surface area contributed by atoms with E-state index in [-0.39, 0.29) is 5.02 Å². The summed E-state index contributed by atoms with van der Waals surface area (Å²) in [6.45, 7) is 0.301. The van der Waals surface area contributed by atoms with Crippen molar-refractivity contribution < 1.29 is 0 Å². The Balaban J connectivity index is 1.83. The van der Waals surface area contributed by atoms with Crippen molar-refractivity contribution in [3.8, 4) is 0 Å². The Morgan fingerprint density at radius 2 is 2.10 bits per heavy atom. The van der Waals surface area contributed by atoms with Gasteiger partial charge in [-0.05, 0) is 18.9 Å². The monoisotopic (exact) mass is 294 g/mol. The van der Waals surface area contributed by atoms with Crippen molar-refractivity contribution >= 4 is 11.6 Å². The van der Waals surface area contributed by atoms with Crippen LogP contribution in [-0.4, -0.2) is 19.3 Å². The van der Waals surface area contributed by atoms with Crippen molar-refractivity contribution in [3.63, 3.8) is 0 Å². The molecule has 3 rings (SSSR count). The maximum Gasteiger partial charge on any atom is 0.328 e. The van der Waals surface area contributed by atoms with Crippen LogP contribution < -0.4 is 11.2 Å². The van der Waals surface area contributed by atoms with Gasteiger partial charge < -0.3 is 0 Å². The average Bonchev–Trinajstić information content (AvgIpc) is 3.06. The van der Waals surface area contributed by atoms with Crippen molar-refractivity contribution in [3.05, 3.63) is 50.0 Å². The highest BCUT2D eigenvalue weighted by Gasteiger charge is 2.17. The van der Waals surface area contributed by atoms with Crippen LogP contribution in [0.25, 0.3) is 0 Å². The Morgan fingerprint density at radius 3 is 2.85 bits per heavy atom. The Labute approximate surface area is 120 Å². The van der Waals surface area contributed by atoms with E-state index in [1.54, 1.807) is 0 Å². The molecule has 0 bridgehead atoms. The summed E-state index contributed by atoms with van der Waals surface area (Å²) in [6, 6.07) is 2.36. The Hall–Kier alpha value is -1.82. The lowest BCUT2D eigenvalue weighted by Gasteiger charge is -2.09. The molecule has 0 radical (unpaired) electrons. The molecule has 1 fully saturated rings. The smallest absolute Gasteiger partial charge is 0.293 e. The van der Waals surface area contributed by atoms with Crippen LogP contribution >= 0.6 is 11.6 Å². The predicted molar refractivity (Wildman–Crippen MR) is 75.2 cm³/mol. The Kier molecular flexibility index (Phi) is 3.48. The van der Waals surface area contributed by atoms with Crippen molar-refractivity contribution in [2.45, 2.75) is 38.3 Å². The summed E-state index contributed by atoms with van der Waals surface area (Å²) in [7, 11) is 0. The standard InChI is InChI=1S/C13H15ClN4O2/c14-11-8-17(13(20)15-12(11)19)7-9-5-6-18(16-9)10-3-1-2-4-10/h5-6,8,10H,1-4,7H2,(H,15,19,20). The van der Waals surface area contributed by atoms with Gasteiger partial charge in [0.05, 0.1) is 18.3 Å². The predicted octanol–water partition coefficient (Wildman–Crippen LogP) is 1.55. The van der Waals surface area contributed by atoms with Gasteiger partial charge in [-0.3, -0.25) is 19.0 Å². The molecule has 1 aliphatic carbocycles. The van der Waals surface area contributed by atoms with Crippen molar-refractivity contribution in [1.82, 2.24) is 19.3 Å². The first kappa shape index (κ1) is 13.2. The molecular weight excluding hydrogens is 280 g/mol. The first-order valence-electron chi connectivity index (χ1n) is 6.67. The molecule has 7 heteroatoms. The highest BCUT2D eigenvalue weighted by Crippen LogP contribution is 2.28. The van der Waals surface area contributed by atoms with E-state index in [1.165, 1.54) is 23.6 Å². The first-order valence-corrected chi connectivity index (χ1v) is 7.04. The van der Waals surface area contributed by atoms with Crippen LogP contribution in [0.4, 0.5) is 0 Å². The number of aromatic nitrogens is 4. The lowest BCUT2D eigenvalue weighted by Crippen LogP contribution is -2.30. The van der Waals surface area contributed by atoms with Crippen molar-refractivity contribution in [2.24, 2.45) is 0 Å². The Bertz CT molecular complexity index is 724. The van der Waals surface area contributed by atoms with E-state index in [0.717, 1.165) is 18.5 Å². The third kappa shape index (κ3) is 2.56. The zero-order chi connectivity index (χ0) is 14.1. The van der Waals surface area contributed by atoms with Gasteiger partial charge in [0.25, 0.3) is 5.56 Å². The second kappa shape index (κ2) is 5.28. The van der Waals surface area contributed by atoms with Gasteiger partial charge in [-0.15, -0.1) is 0 Å². The highest BCUT2D eigenvalue weighted by molar-refractivity contribution is 6.30. The molecule has 2 aromatic heterocycles. The van der Waals surface area contributed by atoms with Crippen LogP contribution in [0.2, 0.25) is 5.02 Å². The molecule has 0 spiro atoms. The largest absolute Gasteiger partial charge is 0.328 e. The summed E-state index contributed by atoms with van der Waals surface area (Å²) in [5.41, 5.74) is -0.263. The number of H-pyrrole nitrogens is 1. The van der Waals surface area contributed by atoms with Crippen LogP contribution in [0, 0.1) is 0 Å². The number of nitrogens with zero attached hydrogens (tertiary/aromatic N) is 3. The van der Waals surface area contributed by atoms with Gasteiger partial charge >= 0.3 is 5.69 Å². The molecule has 2 aromatic rings. The first-order chi connectivity index (χ1) is 9.63. The van der Waals surface area contributed by atoms with E-state index in [0.29, 0.717) is 12.6 Å². The molecule has 1 N–H and O–H groups in total.